The molecule has 2 aromatic heterocycles. The van der Waals surface area contributed by atoms with Gasteiger partial charge in [-0.3, -0.25) is 0 Å². The monoisotopic (exact) mass is 580 g/mol. The van der Waals surface area contributed by atoms with Crippen molar-refractivity contribution in [1.82, 2.24) is 19.1 Å². The van der Waals surface area contributed by atoms with Gasteiger partial charge in [0.25, 0.3) is 0 Å². The van der Waals surface area contributed by atoms with Gasteiger partial charge in [0.05, 0.1) is 31.8 Å². The van der Waals surface area contributed by atoms with Gasteiger partial charge in [0, 0.05) is 38.3 Å². The summed E-state index contributed by atoms with van der Waals surface area (Å²) in [5, 5.41) is 9.38. The molecule has 4 rings (SSSR count). The number of rotatable bonds is 4. The molecule has 0 atom stereocenters. The first-order chi connectivity index (χ1) is 18.8. The van der Waals surface area contributed by atoms with E-state index in [1.807, 2.05) is 41.5 Å². The zero-order valence-corrected chi connectivity index (χ0v) is 24.8. The minimum Gasteiger partial charge on any atom is -0.481 e. The van der Waals surface area contributed by atoms with Crippen LogP contribution < -0.4 is 4.74 Å². The topological polar surface area (TPSA) is 136 Å². The van der Waals surface area contributed by atoms with Crippen molar-refractivity contribution >= 4 is 12.2 Å². The highest BCUT2D eigenvalue weighted by molar-refractivity contribution is 5.74. The lowest BCUT2D eigenvalue weighted by molar-refractivity contribution is 0.0490. The smallest absolute Gasteiger partial charge is 0.422 e. The summed E-state index contributed by atoms with van der Waals surface area (Å²) in [5.41, 5.74) is -0.680. The van der Waals surface area contributed by atoms with Crippen LogP contribution in [0.25, 0.3) is 0 Å². The zero-order valence-electron chi connectivity index (χ0n) is 24.8. The molecule has 0 saturated carbocycles. The van der Waals surface area contributed by atoms with Crippen LogP contribution in [0.3, 0.4) is 0 Å². The lowest BCUT2D eigenvalue weighted by Gasteiger charge is -2.24. The number of carbonyl (C=O) groups excluding carboxylic acids is 2. The fourth-order valence-electron chi connectivity index (χ4n) is 4.51. The summed E-state index contributed by atoms with van der Waals surface area (Å²) in [7, 11) is 1.52. The predicted octanol–water partition coefficient (Wildman–Crippen LogP) is 5.26. The number of imidazole rings is 2. The number of methoxy groups -OCH3 is 1. The Morgan fingerprint density at radius 1 is 0.829 bits per heavy atom. The number of nitrogens with zero attached hydrogens (tertiary/aromatic N) is 4. The van der Waals surface area contributed by atoms with E-state index in [0.717, 1.165) is 25.7 Å². The zero-order chi connectivity index (χ0) is 29.5. The number of aliphatic hydroxyl groups excluding tert-OH is 1. The predicted molar refractivity (Wildman–Crippen MR) is 153 cm³/mol. The van der Waals surface area contributed by atoms with Gasteiger partial charge < -0.3 is 28.8 Å². The average Bonchev–Trinajstić information content (AvgIpc) is 3.53. The second-order valence-corrected chi connectivity index (χ2v) is 11.8. The van der Waals surface area contributed by atoms with Gasteiger partial charge in [-0.15, -0.1) is 0 Å². The molecule has 41 heavy (non-hydrogen) atoms. The average molecular weight is 581 g/mol. The van der Waals surface area contributed by atoms with E-state index >= 15 is 0 Å². The number of carbonyl (C=O) groups is 2. The van der Waals surface area contributed by atoms with Gasteiger partial charge in [-0.05, 0) is 67.2 Å². The van der Waals surface area contributed by atoms with Crippen molar-refractivity contribution in [3.05, 3.63) is 29.7 Å². The Kier molecular flexibility index (Phi) is 12.3. The molecule has 1 N–H and O–H groups in total. The molecule has 4 heterocycles. The second-order valence-electron chi connectivity index (χ2n) is 11.8. The Balaban J connectivity index is 0.000000280. The fraction of sp³-hybridized carbons (Fsp3) is 0.724. The highest BCUT2D eigenvalue weighted by atomic mass is 16.6. The van der Waals surface area contributed by atoms with Crippen LogP contribution in [0.5, 0.6) is 5.88 Å². The molecule has 2 aliphatic heterocycles. The largest absolute Gasteiger partial charge is 0.481 e. The maximum absolute atomic E-state index is 12.4. The quantitative estimate of drug-likeness (QED) is 0.510. The van der Waals surface area contributed by atoms with Crippen molar-refractivity contribution in [2.45, 2.75) is 104 Å². The van der Waals surface area contributed by atoms with E-state index in [1.54, 1.807) is 6.20 Å². The molecule has 2 saturated heterocycles. The molecular formula is C29H48N4O8. The number of hydrogen-bond acceptors (Lipinski definition) is 10. The lowest BCUT2D eigenvalue weighted by Crippen LogP contribution is -2.30. The third kappa shape index (κ3) is 9.54. The Bertz CT molecular complexity index is 1030. The van der Waals surface area contributed by atoms with Crippen molar-refractivity contribution in [3.8, 4) is 5.88 Å². The summed E-state index contributed by atoms with van der Waals surface area (Å²) < 4.78 is 29.6. The van der Waals surface area contributed by atoms with Crippen LogP contribution in [0.15, 0.2) is 12.4 Å². The number of aliphatic hydroxyl groups is 1. The van der Waals surface area contributed by atoms with E-state index in [2.05, 4.69) is 9.97 Å². The molecular weight excluding hydrogens is 532 g/mol. The van der Waals surface area contributed by atoms with Crippen molar-refractivity contribution in [3.63, 3.8) is 0 Å². The molecule has 0 aliphatic carbocycles. The highest BCUT2D eigenvalue weighted by Gasteiger charge is 2.30. The summed E-state index contributed by atoms with van der Waals surface area (Å²) in [6.45, 7) is 13.4. The van der Waals surface area contributed by atoms with Gasteiger partial charge in [-0.2, -0.15) is 0 Å². The molecule has 0 spiro atoms. The first-order valence-electron chi connectivity index (χ1n) is 13.8. The first kappa shape index (κ1) is 34.2. The summed E-state index contributed by atoms with van der Waals surface area (Å²) >= 11 is 0. The molecule has 0 aromatic carbocycles. The van der Waals surface area contributed by atoms with Crippen LogP contribution >= 0.6 is 0 Å². The van der Waals surface area contributed by atoms with Crippen LogP contribution in [-0.2, 0) is 25.6 Å². The second kappa shape index (κ2) is 14.8. The minimum absolute atomic E-state index is 0. The molecule has 0 unspecified atom stereocenters. The van der Waals surface area contributed by atoms with E-state index in [9.17, 15) is 14.7 Å². The Morgan fingerprint density at radius 3 is 1.66 bits per heavy atom. The van der Waals surface area contributed by atoms with E-state index in [1.165, 1.54) is 22.4 Å². The molecule has 232 valence electrons. The summed E-state index contributed by atoms with van der Waals surface area (Å²) in [5.74, 6) is 2.11. The third-order valence-electron chi connectivity index (χ3n) is 6.32. The highest BCUT2D eigenvalue weighted by Crippen LogP contribution is 2.30. The normalized spacial score (nSPS) is 16.7. The van der Waals surface area contributed by atoms with Crippen molar-refractivity contribution in [2.24, 2.45) is 0 Å². The maximum Gasteiger partial charge on any atom is 0.422 e. The summed E-state index contributed by atoms with van der Waals surface area (Å²) in [6, 6.07) is 0. The number of hydrogen-bond donors (Lipinski definition) is 1. The van der Waals surface area contributed by atoms with E-state index in [4.69, 9.17) is 23.7 Å². The van der Waals surface area contributed by atoms with E-state index in [0.29, 0.717) is 49.7 Å². The lowest BCUT2D eigenvalue weighted by atomic mass is 9.99. The van der Waals surface area contributed by atoms with Crippen LogP contribution in [0.1, 0.15) is 104 Å². The molecule has 2 fully saturated rings. The summed E-state index contributed by atoms with van der Waals surface area (Å²) in [6.07, 6.45) is 5.51. The van der Waals surface area contributed by atoms with E-state index in [-0.39, 0.29) is 25.9 Å². The molecule has 12 heteroatoms. The van der Waals surface area contributed by atoms with Crippen LogP contribution in [0.4, 0.5) is 9.59 Å². The molecule has 2 aliphatic rings. The van der Waals surface area contributed by atoms with Gasteiger partial charge in [0.1, 0.15) is 22.9 Å². The summed E-state index contributed by atoms with van der Waals surface area (Å²) in [4.78, 5) is 33.3. The van der Waals surface area contributed by atoms with Gasteiger partial charge in [-0.25, -0.2) is 28.7 Å². The van der Waals surface area contributed by atoms with Gasteiger partial charge in [0.2, 0.25) is 5.88 Å². The van der Waals surface area contributed by atoms with E-state index < -0.39 is 23.4 Å². The Hall–Kier alpha value is -2.96. The third-order valence-corrected chi connectivity index (χ3v) is 6.32. The van der Waals surface area contributed by atoms with Crippen LogP contribution in [0.2, 0.25) is 0 Å². The van der Waals surface area contributed by atoms with Gasteiger partial charge in [0.15, 0.2) is 0 Å². The van der Waals surface area contributed by atoms with Crippen molar-refractivity contribution < 1.29 is 38.4 Å². The Labute approximate surface area is 243 Å². The SMILES string of the molecule is C.CC(C)(C)OC(=O)n1c(CO)cnc1C1CCOCC1.COc1cnc(C2CCOCC2)n1C(=O)OC(C)(C)C. The fourth-order valence-corrected chi connectivity index (χ4v) is 4.51. The molecule has 0 bridgehead atoms. The molecule has 0 amide bonds. The molecule has 12 nitrogen and oxygen atoms in total. The van der Waals surface area contributed by atoms with Gasteiger partial charge in [-0.1, -0.05) is 7.43 Å². The molecule has 0 radical (unpaired) electrons. The van der Waals surface area contributed by atoms with Crippen LogP contribution in [0, 0.1) is 0 Å². The van der Waals surface area contributed by atoms with Crippen molar-refractivity contribution in [1.29, 1.82) is 0 Å². The van der Waals surface area contributed by atoms with Crippen LogP contribution in [-0.4, -0.2) is 81.1 Å². The molecule has 2 aromatic rings. The standard InChI is InChI=1S/2C14H22N2O4.CH4/c1-14(2,3)20-13(17)16-11(18-4)9-15-12(16)10-5-7-19-8-6-10;1-14(2,3)20-13(18)16-11(9-17)8-15-12(16)10-4-6-19-7-5-10;/h9-10H,5-8H2,1-4H3;8,10,17H,4-7,9H2,1-3H3;1H4. The maximum atomic E-state index is 12.4. The Morgan fingerprint density at radius 2 is 1.24 bits per heavy atom. The number of aromatic nitrogens is 4. The van der Waals surface area contributed by atoms with Crippen molar-refractivity contribution in [2.75, 3.05) is 33.5 Å². The van der Waals surface area contributed by atoms with Gasteiger partial charge >= 0.3 is 12.2 Å². The number of ether oxygens (including phenoxy) is 5. The first-order valence-corrected chi connectivity index (χ1v) is 13.8. The minimum atomic E-state index is -0.582.